The highest BCUT2D eigenvalue weighted by Gasteiger charge is 2.23. The van der Waals surface area contributed by atoms with E-state index in [1.165, 1.54) is 6.07 Å². The molecule has 0 amide bonds. The van der Waals surface area contributed by atoms with Crippen molar-refractivity contribution in [2.24, 2.45) is 0 Å². The molecule has 6 nitrogen and oxygen atoms in total. The van der Waals surface area contributed by atoms with E-state index in [4.69, 9.17) is 21.1 Å². The predicted octanol–water partition coefficient (Wildman–Crippen LogP) is 2.66. The highest BCUT2D eigenvalue weighted by Crippen LogP contribution is 2.30. The third-order valence-corrected chi connectivity index (χ3v) is 3.98. The first-order chi connectivity index (χ1) is 10.6. The Balaban J connectivity index is 2.15. The first kappa shape index (κ1) is 15.1. The van der Waals surface area contributed by atoms with Gasteiger partial charge in [-0.3, -0.25) is 0 Å². The van der Waals surface area contributed by atoms with Crippen LogP contribution in [0, 0.1) is 0 Å². The monoisotopic (exact) mass is 324 g/mol. The maximum Gasteiger partial charge on any atom is 0.335 e. The van der Waals surface area contributed by atoms with Crippen LogP contribution >= 0.6 is 11.6 Å². The molecule has 1 unspecified atom stereocenters. The van der Waals surface area contributed by atoms with Crippen molar-refractivity contribution < 1.29 is 19.4 Å². The largest absolute Gasteiger partial charge is 0.492 e. The van der Waals surface area contributed by atoms with Crippen molar-refractivity contribution in [2.75, 3.05) is 13.2 Å². The minimum atomic E-state index is -0.997. The van der Waals surface area contributed by atoms with Gasteiger partial charge in [0.2, 0.25) is 0 Å². The van der Waals surface area contributed by atoms with Crippen molar-refractivity contribution in [2.45, 2.75) is 31.9 Å². The first-order valence-corrected chi connectivity index (χ1v) is 7.74. The number of aromatic nitrogens is 2. The molecular weight excluding hydrogens is 308 g/mol. The van der Waals surface area contributed by atoms with Gasteiger partial charge >= 0.3 is 5.97 Å². The number of ether oxygens (including phenoxy) is 2. The number of imidazole rings is 1. The number of carboxylic acids is 1. The van der Waals surface area contributed by atoms with Crippen LogP contribution in [0.5, 0.6) is 5.75 Å². The summed E-state index contributed by atoms with van der Waals surface area (Å²) in [5, 5.41) is 9.30. The Morgan fingerprint density at radius 3 is 2.91 bits per heavy atom. The van der Waals surface area contributed by atoms with Crippen LogP contribution in [0.25, 0.3) is 11.0 Å². The third kappa shape index (κ3) is 2.64. The maximum atomic E-state index is 11.3. The van der Waals surface area contributed by atoms with Crippen molar-refractivity contribution in [1.82, 2.24) is 9.55 Å². The number of carbonyl (C=O) groups is 1. The van der Waals surface area contributed by atoms with E-state index in [0.29, 0.717) is 30.2 Å². The Morgan fingerprint density at radius 1 is 1.59 bits per heavy atom. The van der Waals surface area contributed by atoms with Crippen LogP contribution in [0.15, 0.2) is 12.1 Å². The SMILES string of the molecule is CCOc1cc(C(=O)O)cc2c1nc(CCl)n2CC1CCO1. The molecule has 1 fully saturated rings. The topological polar surface area (TPSA) is 73.6 Å². The van der Waals surface area contributed by atoms with Crippen LogP contribution < -0.4 is 4.74 Å². The number of halogens is 1. The van der Waals surface area contributed by atoms with E-state index in [9.17, 15) is 9.90 Å². The second-order valence-corrected chi connectivity index (χ2v) is 5.40. The molecule has 2 aromatic rings. The Hall–Kier alpha value is -1.79. The standard InChI is InChI=1S/C15H17ClN2O4/c1-2-21-12-6-9(15(19)20)5-11-14(12)17-13(7-16)18(11)8-10-3-4-22-10/h5-6,10H,2-4,7-8H2,1H3,(H,19,20). The molecule has 1 aliphatic heterocycles. The molecule has 1 N–H and O–H groups in total. The van der Waals surface area contributed by atoms with Crippen LogP contribution in [-0.2, 0) is 17.2 Å². The van der Waals surface area contributed by atoms with E-state index in [-0.39, 0.29) is 17.5 Å². The summed E-state index contributed by atoms with van der Waals surface area (Å²) in [5.74, 6) is 0.408. The van der Waals surface area contributed by atoms with E-state index < -0.39 is 5.97 Å². The molecule has 22 heavy (non-hydrogen) atoms. The minimum absolute atomic E-state index is 0.128. The zero-order valence-corrected chi connectivity index (χ0v) is 13.0. The van der Waals surface area contributed by atoms with Gasteiger partial charge in [0, 0.05) is 6.61 Å². The second kappa shape index (κ2) is 6.14. The highest BCUT2D eigenvalue weighted by molar-refractivity contribution is 6.17. The van der Waals surface area contributed by atoms with Crippen LogP contribution in [0.4, 0.5) is 0 Å². The summed E-state index contributed by atoms with van der Waals surface area (Å²) in [6.07, 6.45) is 1.11. The summed E-state index contributed by atoms with van der Waals surface area (Å²) in [5.41, 5.74) is 1.53. The molecule has 0 aliphatic carbocycles. The van der Waals surface area contributed by atoms with Crippen molar-refractivity contribution in [3.8, 4) is 5.75 Å². The van der Waals surface area contributed by atoms with Crippen molar-refractivity contribution in [3.05, 3.63) is 23.5 Å². The fraction of sp³-hybridized carbons (Fsp3) is 0.467. The molecule has 0 radical (unpaired) electrons. The Labute approximate surface area is 132 Å². The number of hydrogen-bond acceptors (Lipinski definition) is 4. The number of alkyl halides is 1. The molecule has 3 rings (SSSR count). The summed E-state index contributed by atoms with van der Waals surface area (Å²) in [6, 6.07) is 3.12. The summed E-state index contributed by atoms with van der Waals surface area (Å²) in [6.45, 7) is 3.67. The summed E-state index contributed by atoms with van der Waals surface area (Å²) in [4.78, 5) is 15.9. The molecule has 0 saturated carbocycles. The van der Waals surface area contributed by atoms with Gasteiger partial charge in [0.1, 0.15) is 17.1 Å². The molecule has 1 atom stereocenters. The quantitative estimate of drug-likeness (QED) is 0.827. The number of benzene rings is 1. The highest BCUT2D eigenvalue weighted by atomic mass is 35.5. The van der Waals surface area contributed by atoms with E-state index in [0.717, 1.165) is 18.5 Å². The van der Waals surface area contributed by atoms with E-state index in [1.54, 1.807) is 6.07 Å². The van der Waals surface area contributed by atoms with Gasteiger partial charge in [-0.1, -0.05) is 0 Å². The molecule has 1 aliphatic rings. The number of nitrogens with zero attached hydrogens (tertiary/aromatic N) is 2. The molecule has 2 heterocycles. The average Bonchev–Trinajstić information content (AvgIpc) is 2.81. The average molecular weight is 325 g/mol. The Bertz CT molecular complexity index is 709. The number of carboxylic acid groups (broad SMARTS) is 1. The van der Waals surface area contributed by atoms with Gasteiger partial charge in [0.05, 0.1) is 36.2 Å². The van der Waals surface area contributed by atoms with Gasteiger partial charge in [-0.2, -0.15) is 0 Å². The van der Waals surface area contributed by atoms with Gasteiger partial charge in [-0.05, 0) is 25.5 Å². The first-order valence-electron chi connectivity index (χ1n) is 7.20. The molecule has 1 aromatic heterocycles. The van der Waals surface area contributed by atoms with Crippen molar-refractivity contribution in [3.63, 3.8) is 0 Å². The minimum Gasteiger partial charge on any atom is -0.492 e. The zero-order valence-electron chi connectivity index (χ0n) is 12.2. The number of aromatic carboxylic acids is 1. The van der Waals surface area contributed by atoms with Gasteiger partial charge in [0.15, 0.2) is 0 Å². The number of hydrogen-bond donors (Lipinski definition) is 1. The molecule has 0 spiro atoms. The fourth-order valence-corrected chi connectivity index (χ4v) is 2.77. The third-order valence-electron chi connectivity index (χ3n) is 3.74. The number of rotatable bonds is 6. The Kier molecular flexibility index (Phi) is 4.22. The summed E-state index contributed by atoms with van der Waals surface area (Å²) >= 11 is 6.00. The molecular formula is C15H17ClN2O4. The second-order valence-electron chi connectivity index (χ2n) is 5.13. The van der Waals surface area contributed by atoms with Crippen LogP contribution in [-0.4, -0.2) is 39.9 Å². The molecule has 7 heteroatoms. The smallest absolute Gasteiger partial charge is 0.335 e. The van der Waals surface area contributed by atoms with Gasteiger partial charge in [-0.15, -0.1) is 11.6 Å². The summed E-state index contributed by atoms with van der Waals surface area (Å²) in [7, 11) is 0. The van der Waals surface area contributed by atoms with Crippen molar-refractivity contribution in [1.29, 1.82) is 0 Å². The van der Waals surface area contributed by atoms with Crippen LogP contribution in [0.3, 0.4) is 0 Å². The van der Waals surface area contributed by atoms with Gasteiger partial charge < -0.3 is 19.1 Å². The lowest BCUT2D eigenvalue weighted by Crippen LogP contribution is -2.31. The van der Waals surface area contributed by atoms with Crippen LogP contribution in [0.2, 0.25) is 0 Å². The Morgan fingerprint density at radius 2 is 2.36 bits per heavy atom. The van der Waals surface area contributed by atoms with Crippen molar-refractivity contribution >= 4 is 28.6 Å². The molecule has 1 saturated heterocycles. The number of fused-ring (bicyclic) bond motifs is 1. The van der Waals surface area contributed by atoms with Crippen LogP contribution in [0.1, 0.15) is 29.5 Å². The van der Waals surface area contributed by atoms with E-state index >= 15 is 0 Å². The molecule has 118 valence electrons. The predicted molar refractivity (Wildman–Crippen MR) is 81.8 cm³/mol. The van der Waals surface area contributed by atoms with E-state index in [2.05, 4.69) is 4.98 Å². The normalized spacial score (nSPS) is 17.5. The fourth-order valence-electron chi connectivity index (χ4n) is 2.57. The summed E-state index contributed by atoms with van der Waals surface area (Å²) < 4.78 is 13.0. The molecule has 0 bridgehead atoms. The maximum absolute atomic E-state index is 11.3. The lowest BCUT2D eigenvalue weighted by molar-refractivity contribution is -0.0589. The zero-order chi connectivity index (χ0) is 15.7. The molecule has 1 aromatic carbocycles. The van der Waals surface area contributed by atoms with E-state index in [1.807, 2.05) is 11.5 Å². The lowest BCUT2D eigenvalue weighted by atomic mass is 10.1. The van der Waals surface area contributed by atoms with Gasteiger partial charge in [-0.25, -0.2) is 9.78 Å². The van der Waals surface area contributed by atoms with Gasteiger partial charge in [0.25, 0.3) is 0 Å². The lowest BCUT2D eigenvalue weighted by Gasteiger charge is -2.27.